The number of hydrogen-bond donors (Lipinski definition) is 1. The molecule has 60 valence electrons. The molecule has 0 bridgehead atoms. The van der Waals surface area contributed by atoms with Crippen molar-refractivity contribution in [3.05, 3.63) is 30.3 Å². The number of hydrogen-bond acceptors (Lipinski definition) is 2. The van der Waals surface area contributed by atoms with Crippen molar-refractivity contribution in [2.75, 3.05) is 6.66 Å². The highest BCUT2D eigenvalue weighted by atomic mass is 31.2. The lowest BCUT2D eigenvalue weighted by Crippen LogP contribution is -1.99. The summed E-state index contributed by atoms with van der Waals surface area (Å²) in [6, 6.07) is 8.87. The molecule has 0 aliphatic carbocycles. The molecule has 4 heteroatoms. The second-order valence-corrected chi connectivity index (χ2v) is 4.31. The van der Waals surface area contributed by atoms with Crippen LogP contribution >= 0.6 is 7.52 Å². The number of benzene rings is 1. The maximum Gasteiger partial charge on any atom is 0.310 e. The third kappa shape index (κ3) is 3.21. The summed E-state index contributed by atoms with van der Waals surface area (Å²) in [6.45, 7) is 1.38. The van der Waals surface area contributed by atoms with Crippen molar-refractivity contribution in [1.82, 2.24) is 0 Å². The van der Waals surface area contributed by atoms with E-state index in [2.05, 4.69) is 0 Å². The first-order valence-electron chi connectivity index (χ1n) is 3.19. The quantitative estimate of drug-likeness (QED) is 0.691. The topological polar surface area (TPSA) is 52.3 Å². The largest absolute Gasteiger partial charge is 0.433 e. The van der Waals surface area contributed by atoms with Gasteiger partial charge in [-0.3, -0.25) is 4.57 Å². The maximum atomic E-state index is 10.9. The van der Waals surface area contributed by atoms with Gasteiger partial charge >= 0.3 is 7.52 Å². The van der Waals surface area contributed by atoms with Gasteiger partial charge in [-0.15, -0.1) is 0 Å². The number of nitrogens with two attached hydrogens (primary N) is 1. The molecule has 0 aliphatic rings. The Hall–Kier alpha value is -0.790. The molecule has 0 heterocycles. The first kappa shape index (κ1) is 8.31. The summed E-state index contributed by atoms with van der Waals surface area (Å²) < 4.78 is 15.9. The standard InChI is InChI=1S/C7H10NO2P/c1-11(8,9)10-7-5-3-2-4-6-7/h2-6H,1H3,(H2,8,9)/t11-/m1/s1. The molecule has 1 rings (SSSR count). The zero-order chi connectivity index (χ0) is 8.32. The van der Waals surface area contributed by atoms with Crippen LogP contribution in [0.3, 0.4) is 0 Å². The Morgan fingerprint density at radius 1 is 1.36 bits per heavy atom. The Kier molecular flexibility index (Phi) is 2.32. The molecule has 3 nitrogen and oxygen atoms in total. The molecular formula is C7H10NO2P. The van der Waals surface area contributed by atoms with E-state index in [0.717, 1.165) is 0 Å². The SMILES string of the molecule is C[P@@](N)(=O)Oc1ccccc1. The summed E-state index contributed by atoms with van der Waals surface area (Å²) in [4.78, 5) is 0. The highest BCUT2D eigenvalue weighted by molar-refractivity contribution is 7.56. The highest BCUT2D eigenvalue weighted by Gasteiger charge is 2.07. The molecule has 0 spiro atoms. The third-order valence-corrected chi connectivity index (χ3v) is 1.60. The van der Waals surface area contributed by atoms with Crippen LogP contribution in [0.5, 0.6) is 5.75 Å². The van der Waals surface area contributed by atoms with Crippen LogP contribution in [0.25, 0.3) is 0 Å². The summed E-state index contributed by atoms with van der Waals surface area (Å²) in [5.41, 5.74) is 5.20. The Labute approximate surface area is 65.7 Å². The second kappa shape index (κ2) is 3.07. The minimum atomic E-state index is -2.89. The van der Waals surface area contributed by atoms with E-state index in [1.54, 1.807) is 24.3 Å². The Morgan fingerprint density at radius 2 is 1.91 bits per heavy atom. The Morgan fingerprint density at radius 3 is 2.36 bits per heavy atom. The van der Waals surface area contributed by atoms with E-state index in [0.29, 0.717) is 5.75 Å². The molecule has 0 aliphatic heterocycles. The van der Waals surface area contributed by atoms with Gasteiger partial charge in [-0.25, -0.2) is 5.50 Å². The molecule has 1 atom stereocenters. The molecule has 0 fully saturated rings. The lowest BCUT2D eigenvalue weighted by Gasteiger charge is -2.08. The van der Waals surface area contributed by atoms with E-state index in [1.807, 2.05) is 6.07 Å². The van der Waals surface area contributed by atoms with E-state index in [-0.39, 0.29) is 0 Å². The molecule has 0 unspecified atom stereocenters. The molecule has 1 aromatic carbocycles. The molecule has 1 aromatic rings. The van der Waals surface area contributed by atoms with Crippen molar-refractivity contribution < 1.29 is 9.09 Å². The van der Waals surface area contributed by atoms with Gasteiger partial charge in [0, 0.05) is 6.66 Å². The van der Waals surface area contributed by atoms with Crippen molar-refractivity contribution >= 4 is 7.52 Å². The fraction of sp³-hybridized carbons (Fsp3) is 0.143. The summed E-state index contributed by atoms with van der Waals surface area (Å²) in [6.07, 6.45) is 0. The lowest BCUT2D eigenvalue weighted by molar-refractivity contribution is 0.489. The molecule has 0 aromatic heterocycles. The molecule has 0 saturated carbocycles. The minimum absolute atomic E-state index is 0.542. The van der Waals surface area contributed by atoms with E-state index >= 15 is 0 Å². The minimum Gasteiger partial charge on any atom is -0.433 e. The van der Waals surface area contributed by atoms with Crippen LogP contribution in [0, 0.1) is 0 Å². The Bertz CT molecular complexity index is 267. The van der Waals surface area contributed by atoms with Gasteiger partial charge in [0.05, 0.1) is 0 Å². The third-order valence-electron chi connectivity index (χ3n) is 1.03. The smallest absolute Gasteiger partial charge is 0.310 e. The van der Waals surface area contributed by atoms with Crippen LogP contribution in [-0.4, -0.2) is 6.66 Å². The van der Waals surface area contributed by atoms with Crippen LogP contribution < -0.4 is 10.0 Å². The van der Waals surface area contributed by atoms with Crippen molar-refractivity contribution in [2.45, 2.75) is 0 Å². The van der Waals surface area contributed by atoms with Crippen LogP contribution in [0.4, 0.5) is 0 Å². The summed E-state index contributed by atoms with van der Waals surface area (Å²) >= 11 is 0. The number of rotatable bonds is 2. The van der Waals surface area contributed by atoms with Gasteiger partial charge in [-0.2, -0.15) is 0 Å². The summed E-state index contributed by atoms with van der Waals surface area (Å²) in [7, 11) is -2.89. The van der Waals surface area contributed by atoms with Gasteiger partial charge < -0.3 is 4.52 Å². The van der Waals surface area contributed by atoms with Crippen LogP contribution in [-0.2, 0) is 4.57 Å². The van der Waals surface area contributed by atoms with Gasteiger partial charge in [0.1, 0.15) is 5.75 Å². The molecule has 2 N–H and O–H groups in total. The second-order valence-electron chi connectivity index (χ2n) is 2.31. The normalized spacial score (nSPS) is 15.5. The van der Waals surface area contributed by atoms with Gasteiger partial charge in [0.15, 0.2) is 0 Å². The van der Waals surface area contributed by atoms with Gasteiger partial charge in [0.2, 0.25) is 0 Å². The summed E-state index contributed by atoms with van der Waals surface area (Å²) in [5.74, 6) is 0.542. The fourth-order valence-electron chi connectivity index (χ4n) is 0.691. The molecule has 0 saturated heterocycles. The van der Waals surface area contributed by atoms with Gasteiger partial charge in [-0.05, 0) is 12.1 Å². The van der Waals surface area contributed by atoms with E-state index in [4.69, 9.17) is 10.0 Å². The van der Waals surface area contributed by atoms with E-state index < -0.39 is 7.52 Å². The summed E-state index contributed by atoms with van der Waals surface area (Å²) in [5, 5.41) is 0. The lowest BCUT2D eigenvalue weighted by atomic mass is 10.3. The van der Waals surface area contributed by atoms with Gasteiger partial charge in [-0.1, -0.05) is 18.2 Å². The molecule has 0 amide bonds. The average Bonchev–Trinajstić information content (AvgIpc) is 1.85. The zero-order valence-corrected chi connectivity index (χ0v) is 7.12. The Balaban J connectivity index is 2.74. The van der Waals surface area contributed by atoms with Crippen LogP contribution in [0.15, 0.2) is 30.3 Å². The zero-order valence-electron chi connectivity index (χ0n) is 6.23. The van der Waals surface area contributed by atoms with Crippen molar-refractivity contribution in [3.8, 4) is 5.75 Å². The average molecular weight is 171 g/mol. The first-order valence-corrected chi connectivity index (χ1v) is 5.33. The predicted molar refractivity (Wildman–Crippen MR) is 44.8 cm³/mol. The predicted octanol–water partition coefficient (Wildman–Crippen LogP) is 1.85. The van der Waals surface area contributed by atoms with Crippen molar-refractivity contribution in [1.29, 1.82) is 0 Å². The fourth-order valence-corrected chi connectivity index (χ4v) is 1.23. The van der Waals surface area contributed by atoms with Crippen molar-refractivity contribution in [2.24, 2.45) is 5.50 Å². The van der Waals surface area contributed by atoms with Gasteiger partial charge in [0.25, 0.3) is 0 Å². The van der Waals surface area contributed by atoms with Crippen molar-refractivity contribution in [3.63, 3.8) is 0 Å². The van der Waals surface area contributed by atoms with Crippen LogP contribution in [0.2, 0.25) is 0 Å². The van der Waals surface area contributed by atoms with E-state index in [1.165, 1.54) is 6.66 Å². The molecule has 0 radical (unpaired) electrons. The number of para-hydroxylation sites is 1. The van der Waals surface area contributed by atoms with E-state index in [9.17, 15) is 4.57 Å². The molecule has 11 heavy (non-hydrogen) atoms. The maximum absolute atomic E-state index is 10.9. The highest BCUT2D eigenvalue weighted by Crippen LogP contribution is 2.33. The first-order chi connectivity index (χ1) is 5.08. The monoisotopic (exact) mass is 171 g/mol. The van der Waals surface area contributed by atoms with Crippen LogP contribution in [0.1, 0.15) is 0 Å². The molecular weight excluding hydrogens is 161 g/mol.